The number of nitrogens with zero attached hydrogens (tertiary/aromatic N) is 7. The van der Waals surface area contributed by atoms with Gasteiger partial charge in [-0.1, -0.05) is 27.7 Å². The van der Waals surface area contributed by atoms with Crippen molar-refractivity contribution in [2.24, 2.45) is 0 Å². The highest BCUT2D eigenvalue weighted by molar-refractivity contribution is 5.92. The van der Waals surface area contributed by atoms with Crippen LogP contribution in [-0.4, -0.2) is 49.1 Å². The molecule has 0 bridgehead atoms. The first-order chi connectivity index (χ1) is 11.0. The van der Waals surface area contributed by atoms with E-state index in [1.807, 2.05) is 33.8 Å². The van der Waals surface area contributed by atoms with Crippen molar-refractivity contribution in [1.82, 2.24) is 29.6 Å². The van der Waals surface area contributed by atoms with Gasteiger partial charge in [-0.15, -0.1) is 0 Å². The van der Waals surface area contributed by atoms with Crippen molar-refractivity contribution >= 4 is 5.91 Å². The van der Waals surface area contributed by atoms with Crippen LogP contribution >= 0.6 is 0 Å². The second-order valence-corrected chi connectivity index (χ2v) is 4.77. The van der Waals surface area contributed by atoms with Crippen molar-refractivity contribution in [3.05, 3.63) is 30.2 Å². The van der Waals surface area contributed by atoms with Crippen LogP contribution in [0.2, 0.25) is 0 Å². The summed E-state index contributed by atoms with van der Waals surface area (Å²) in [6.45, 7) is 7.99. The highest BCUT2D eigenvalue weighted by Gasteiger charge is 2.16. The molecule has 0 radical (unpaired) electrons. The summed E-state index contributed by atoms with van der Waals surface area (Å²) in [4.78, 5) is 25.7. The van der Waals surface area contributed by atoms with Gasteiger partial charge in [0.2, 0.25) is 0 Å². The van der Waals surface area contributed by atoms with Crippen LogP contribution in [0.15, 0.2) is 18.7 Å². The fourth-order valence-corrected chi connectivity index (χ4v) is 1.77. The minimum atomic E-state index is -0.341. The number of aromatic nitrogens is 5. The Morgan fingerprint density at radius 1 is 1.30 bits per heavy atom. The minimum Gasteiger partial charge on any atom is -0.327 e. The molecule has 2 aromatic heterocycles. The van der Waals surface area contributed by atoms with Gasteiger partial charge in [-0.05, 0) is 0 Å². The van der Waals surface area contributed by atoms with Crippen LogP contribution in [0.4, 0.5) is 0 Å². The average Bonchev–Trinajstić information content (AvgIpc) is 3.06. The summed E-state index contributed by atoms with van der Waals surface area (Å²) in [5.74, 6) is 1.05. The predicted molar refractivity (Wildman–Crippen MR) is 85.0 cm³/mol. The fraction of sp³-hybridized carbons (Fsp3) is 0.467. The van der Waals surface area contributed by atoms with Gasteiger partial charge in [0.1, 0.15) is 30.7 Å². The number of hydrogen-bond acceptors (Lipinski definition) is 6. The highest BCUT2D eigenvalue weighted by atomic mass is 16.2. The molecule has 0 saturated carbocycles. The molecule has 0 aromatic carbocycles. The van der Waals surface area contributed by atoms with Gasteiger partial charge in [0.25, 0.3) is 5.91 Å². The van der Waals surface area contributed by atoms with Crippen LogP contribution in [-0.2, 0) is 0 Å². The summed E-state index contributed by atoms with van der Waals surface area (Å²) in [5.41, 5.74) is 0.211. The lowest BCUT2D eigenvalue weighted by molar-refractivity contribution is 0.0806. The van der Waals surface area contributed by atoms with Crippen molar-refractivity contribution < 1.29 is 4.79 Å². The zero-order valence-corrected chi connectivity index (χ0v) is 14.1. The van der Waals surface area contributed by atoms with Crippen molar-refractivity contribution in [1.29, 1.82) is 5.26 Å². The molecular formula is C15H21N7O. The molecule has 0 fully saturated rings. The Morgan fingerprint density at radius 3 is 2.61 bits per heavy atom. The monoisotopic (exact) mass is 315 g/mol. The Hall–Kier alpha value is -2.82. The van der Waals surface area contributed by atoms with E-state index in [0.29, 0.717) is 5.82 Å². The van der Waals surface area contributed by atoms with E-state index >= 15 is 0 Å². The number of carbonyl (C=O) groups excluding carboxylic acids is 1. The highest BCUT2D eigenvalue weighted by Crippen LogP contribution is 2.14. The molecule has 8 nitrogen and oxygen atoms in total. The molecular weight excluding hydrogens is 294 g/mol. The maximum Gasteiger partial charge on any atom is 0.273 e. The Labute approximate surface area is 135 Å². The third kappa shape index (κ3) is 4.32. The molecule has 0 aliphatic rings. The van der Waals surface area contributed by atoms with Gasteiger partial charge in [-0.2, -0.15) is 15.0 Å². The van der Waals surface area contributed by atoms with Gasteiger partial charge in [0.15, 0.2) is 5.82 Å². The first-order valence-electron chi connectivity index (χ1n) is 7.39. The molecule has 8 heteroatoms. The molecule has 2 aromatic rings. The van der Waals surface area contributed by atoms with Crippen molar-refractivity contribution in [3.8, 4) is 11.9 Å². The molecule has 0 aliphatic heterocycles. The molecule has 122 valence electrons. The van der Waals surface area contributed by atoms with Gasteiger partial charge in [-0.25, -0.2) is 15.0 Å². The molecule has 2 heterocycles. The molecule has 0 aliphatic carbocycles. The summed E-state index contributed by atoms with van der Waals surface area (Å²) in [5, 5.41) is 12.8. The third-order valence-corrected chi connectivity index (χ3v) is 2.83. The van der Waals surface area contributed by atoms with Crippen LogP contribution in [0, 0.1) is 11.3 Å². The first-order valence-corrected chi connectivity index (χ1v) is 7.39. The number of nitriles is 1. The Bertz CT molecular complexity index is 687. The third-order valence-electron chi connectivity index (χ3n) is 2.83. The lowest BCUT2D eigenvalue weighted by Gasteiger charge is -2.13. The van der Waals surface area contributed by atoms with E-state index in [2.05, 4.69) is 20.1 Å². The number of amides is 1. The lowest BCUT2D eigenvalue weighted by Crippen LogP contribution is -2.28. The van der Waals surface area contributed by atoms with Crippen molar-refractivity contribution in [3.63, 3.8) is 0 Å². The molecule has 23 heavy (non-hydrogen) atoms. The smallest absolute Gasteiger partial charge is 0.273 e. The van der Waals surface area contributed by atoms with Crippen LogP contribution in [0.1, 0.15) is 49.9 Å². The SMILES string of the molecule is CC.CC(C)c1ncnn1-c1cc(C(=O)N(C)CC#N)ncn1. The van der Waals surface area contributed by atoms with E-state index in [4.69, 9.17) is 5.26 Å². The standard InChI is InChI=1S/C13H15N7O.C2H6/c1-9(2)12-17-8-18-20(12)11-6-10(15-7-16-11)13(21)19(3)5-4-14;1-2/h6-9H,5H2,1-3H3;1-2H3. The van der Waals surface area contributed by atoms with E-state index < -0.39 is 0 Å². The number of rotatable bonds is 4. The lowest BCUT2D eigenvalue weighted by atomic mass is 10.2. The largest absolute Gasteiger partial charge is 0.327 e. The topological polar surface area (TPSA) is 101 Å². The summed E-state index contributed by atoms with van der Waals surface area (Å²) in [6, 6.07) is 3.46. The summed E-state index contributed by atoms with van der Waals surface area (Å²) >= 11 is 0. The predicted octanol–water partition coefficient (Wildman–Crippen LogP) is 1.80. The molecule has 0 saturated heterocycles. The Balaban J connectivity index is 0.00000127. The molecule has 0 N–H and O–H groups in total. The van der Waals surface area contributed by atoms with Crippen LogP contribution < -0.4 is 0 Å². The summed E-state index contributed by atoms with van der Waals surface area (Å²) in [6.07, 6.45) is 2.75. The average molecular weight is 315 g/mol. The number of hydrogen-bond donors (Lipinski definition) is 0. The van der Waals surface area contributed by atoms with Gasteiger partial charge in [0, 0.05) is 19.0 Å². The van der Waals surface area contributed by atoms with E-state index in [1.54, 1.807) is 11.7 Å². The summed E-state index contributed by atoms with van der Waals surface area (Å²) in [7, 11) is 1.54. The molecule has 0 spiro atoms. The van der Waals surface area contributed by atoms with Crippen molar-refractivity contribution in [2.45, 2.75) is 33.6 Å². The van der Waals surface area contributed by atoms with Gasteiger partial charge >= 0.3 is 0 Å². The quantitative estimate of drug-likeness (QED) is 0.797. The van der Waals surface area contributed by atoms with Gasteiger partial charge in [0.05, 0.1) is 6.07 Å². The normalized spacial score (nSPS) is 9.78. The zero-order chi connectivity index (χ0) is 17.4. The van der Waals surface area contributed by atoms with Crippen molar-refractivity contribution in [2.75, 3.05) is 13.6 Å². The Morgan fingerprint density at radius 2 is 2.00 bits per heavy atom. The Kier molecular flexibility index (Phi) is 6.80. The maximum atomic E-state index is 12.1. The molecule has 2 rings (SSSR count). The molecule has 0 unspecified atom stereocenters. The van der Waals surface area contributed by atoms with Gasteiger partial charge < -0.3 is 4.90 Å². The van der Waals surface area contributed by atoms with Crippen LogP contribution in [0.5, 0.6) is 0 Å². The molecule has 1 amide bonds. The minimum absolute atomic E-state index is 0.00125. The van der Waals surface area contributed by atoms with Crippen LogP contribution in [0.3, 0.4) is 0 Å². The van der Waals surface area contributed by atoms with E-state index in [1.165, 1.54) is 23.6 Å². The van der Waals surface area contributed by atoms with E-state index in [-0.39, 0.29) is 24.1 Å². The first kappa shape index (κ1) is 18.2. The second-order valence-electron chi connectivity index (χ2n) is 4.77. The van der Waals surface area contributed by atoms with Crippen LogP contribution in [0.25, 0.3) is 5.82 Å². The molecule has 0 atom stereocenters. The maximum absolute atomic E-state index is 12.1. The number of carbonyl (C=O) groups is 1. The second kappa shape index (κ2) is 8.58. The van der Waals surface area contributed by atoms with E-state index in [9.17, 15) is 4.79 Å². The fourth-order valence-electron chi connectivity index (χ4n) is 1.77. The van der Waals surface area contributed by atoms with E-state index in [0.717, 1.165) is 5.82 Å². The van der Waals surface area contributed by atoms with Gasteiger partial charge in [-0.3, -0.25) is 4.79 Å². The summed E-state index contributed by atoms with van der Waals surface area (Å²) < 4.78 is 1.58. The zero-order valence-electron chi connectivity index (χ0n) is 14.1.